The quantitative estimate of drug-likeness (QED) is 0.856. The van der Waals surface area contributed by atoms with Crippen molar-refractivity contribution in [3.05, 3.63) is 17.3 Å². The van der Waals surface area contributed by atoms with E-state index in [0.29, 0.717) is 18.1 Å². The van der Waals surface area contributed by atoms with E-state index in [9.17, 15) is 4.39 Å². The first-order valence-corrected chi connectivity index (χ1v) is 5.62. The third-order valence-corrected chi connectivity index (χ3v) is 2.60. The van der Waals surface area contributed by atoms with E-state index in [-0.39, 0.29) is 17.7 Å². The minimum absolute atomic E-state index is 0.0725. The van der Waals surface area contributed by atoms with E-state index in [1.165, 1.54) is 0 Å². The lowest BCUT2D eigenvalue weighted by molar-refractivity contribution is 0.105. The second-order valence-electron chi connectivity index (χ2n) is 3.86. The fourth-order valence-corrected chi connectivity index (χ4v) is 1.79. The van der Waals surface area contributed by atoms with Gasteiger partial charge in [0.05, 0.1) is 5.69 Å². The SMILES string of the molecule is CCNc1nc(C2CCCO2)nc(C)c1F. The maximum atomic E-state index is 13.6. The number of rotatable bonds is 3. The molecule has 1 saturated heterocycles. The Labute approximate surface area is 94.2 Å². The molecule has 0 aliphatic carbocycles. The predicted molar refractivity (Wildman–Crippen MR) is 58.8 cm³/mol. The van der Waals surface area contributed by atoms with Crippen LogP contribution in [0.2, 0.25) is 0 Å². The largest absolute Gasteiger partial charge is 0.370 e. The Balaban J connectivity index is 2.31. The van der Waals surface area contributed by atoms with Crippen LogP contribution in [0.3, 0.4) is 0 Å². The van der Waals surface area contributed by atoms with Crippen LogP contribution in [0.25, 0.3) is 0 Å². The van der Waals surface area contributed by atoms with Gasteiger partial charge in [-0.2, -0.15) is 0 Å². The lowest BCUT2D eigenvalue weighted by Crippen LogP contribution is -2.11. The van der Waals surface area contributed by atoms with E-state index in [0.717, 1.165) is 19.4 Å². The van der Waals surface area contributed by atoms with Crippen LogP contribution in [0.5, 0.6) is 0 Å². The molecular weight excluding hydrogens is 209 g/mol. The predicted octanol–water partition coefficient (Wildman–Crippen LogP) is 2.21. The lowest BCUT2D eigenvalue weighted by Gasteiger charge is -2.12. The van der Waals surface area contributed by atoms with E-state index in [1.54, 1.807) is 6.92 Å². The molecular formula is C11H16FN3O. The number of aromatic nitrogens is 2. The lowest BCUT2D eigenvalue weighted by atomic mass is 10.2. The maximum Gasteiger partial charge on any atom is 0.186 e. The fraction of sp³-hybridized carbons (Fsp3) is 0.636. The van der Waals surface area contributed by atoms with Crippen LogP contribution in [0, 0.1) is 12.7 Å². The van der Waals surface area contributed by atoms with Gasteiger partial charge in [0.15, 0.2) is 17.5 Å². The first kappa shape index (κ1) is 11.3. The minimum atomic E-state index is -0.372. The van der Waals surface area contributed by atoms with E-state index in [2.05, 4.69) is 15.3 Å². The Hall–Kier alpha value is -1.23. The van der Waals surface area contributed by atoms with Gasteiger partial charge in [-0.3, -0.25) is 0 Å². The van der Waals surface area contributed by atoms with Crippen LogP contribution in [-0.2, 0) is 4.74 Å². The van der Waals surface area contributed by atoms with Crippen LogP contribution >= 0.6 is 0 Å². The molecule has 16 heavy (non-hydrogen) atoms. The number of nitrogens with zero attached hydrogens (tertiary/aromatic N) is 2. The van der Waals surface area contributed by atoms with Gasteiger partial charge >= 0.3 is 0 Å². The molecule has 2 heterocycles. The third kappa shape index (κ3) is 2.14. The fourth-order valence-electron chi connectivity index (χ4n) is 1.79. The van der Waals surface area contributed by atoms with Crippen molar-refractivity contribution in [2.24, 2.45) is 0 Å². The monoisotopic (exact) mass is 225 g/mol. The standard InChI is InChI=1S/C11H16FN3O/c1-3-13-11-9(12)7(2)14-10(15-11)8-5-4-6-16-8/h8H,3-6H2,1-2H3,(H,13,14,15). The molecule has 1 aromatic heterocycles. The molecule has 1 aliphatic rings. The number of hydrogen-bond donors (Lipinski definition) is 1. The summed E-state index contributed by atoms with van der Waals surface area (Å²) in [5, 5.41) is 2.90. The molecule has 0 spiro atoms. The highest BCUT2D eigenvalue weighted by Crippen LogP contribution is 2.27. The van der Waals surface area contributed by atoms with Crippen molar-refractivity contribution in [2.75, 3.05) is 18.5 Å². The molecule has 1 N–H and O–H groups in total. The number of aryl methyl sites for hydroxylation is 1. The first-order valence-electron chi connectivity index (χ1n) is 5.62. The van der Waals surface area contributed by atoms with Crippen LogP contribution in [0.1, 0.15) is 37.4 Å². The third-order valence-electron chi connectivity index (χ3n) is 2.60. The number of anilines is 1. The number of ether oxygens (including phenoxy) is 1. The van der Waals surface area contributed by atoms with E-state index in [1.807, 2.05) is 6.92 Å². The van der Waals surface area contributed by atoms with Gasteiger partial charge in [-0.15, -0.1) is 0 Å². The summed E-state index contributed by atoms with van der Waals surface area (Å²) < 4.78 is 19.1. The Morgan fingerprint density at radius 3 is 2.94 bits per heavy atom. The van der Waals surface area contributed by atoms with Gasteiger partial charge < -0.3 is 10.1 Å². The highest BCUT2D eigenvalue weighted by molar-refractivity contribution is 5.38. The van der Waals surface area contributed by atoms with Gasteiger partial charge in [0.2, 0.25) is 0 Å². The zero-order chi connectivity index (χ0) is 11.5. The second kappa shape index (κ2) is 4.74. The molecule has 0 saturated carbocycles. The van der Waals surface area contributed by atoms with Crippen molar-refractivity contribution in [3.63, 3.8) is 0 Å². The van der Waals surface area contributed by atoms with Crippen molar-refractivity contribution < 1.29 is 9.13 Å². The average Bonchev–Trinajstić information content (AvgIpc) is 2.78. The highest BCUT2D eigenvalue weighted by Gasteiger charge is 2.22. The van der Waals surface area contributed by atoms with E-state index in [4.69, 9.17) is 4.74 Å². The summed E-state index contributed by atoms with van der Waals surface area (Å²) in [6.45, 7) is 4.93. The molecule has 1 aromatic rings. The maximum absolute atomic E-state index is 13.6. The van der Waals surface area contributed by atoms with Crippen LogP contribution in [0.15, 0.2) is 0 Å². The van der Waals surface area contributed by atoms with Gasteiger partial charge in [-0.05, 0) is 26.7 Å². The molecule has 88 valence electrons. The Morgan fingerprint density at radius 2 is 2.31 bits per heavy atom. The molecule has 0 aromatic carbocycles. The number of nitrogens with one attached hydrogen (secondary N) is 1. The van der Waals surface area contributed by atoms with Crippen molar-refractivity contribution in [2.45, 2.75) is 32.8 Å². The summed E-state index contributed by atoms with van der Waals surface area (Å²) in [5.74, 6) is 0.497. The molecule has 4 nitrogen and oxygen atoms in total. The summed E-state index contributed by atoms with van der Waals surface area (Å²) in [6, 6.07) is 0. The van der Waals surface area contributed by atoms with Crippen LogP contribution < -0.4 is 5.32 Å². The topological polar surface area (TPSA) is 47.0 Å². The van der Waals surface area contributed by atoms with Crippen molar-refractivity contribution in [3.8, 4) is 0 Å². The summed E-state index contributed by atoms with van der Waals surface area (Å²) in [7, 11) is 0. The Kier molecular flexibility index (Phi) is 3.33. The van der Waals surface area contributed by atoms with E-state index >= 15 is 0 Å². The average molecular weight is 225 g/mol. The molecule has 1 unspecified atom stereocenters. The molecule has 2 rings (SSSR count). The zero-order valence-electron chi connectivity index (χ0n) is 9.59. The zero-order valence-corrected chi connectivity index (χ0v) is 9.59. The summed E-state index contributed by atoms with van der Waals surface area (Å²) in [5.41, 5.74) is 0.372. The van der Waals surface area contributed by atoms with Crippen molar-refractivity contribution in [1.82, 2.24) is 9.97 Å². The molecule has 1 fully saturated rings. The molecule has 1 aliphatic heterocycles. The van der Waals surface area contributed by atoms with Gasteiger partial charge in [-0.25, -0.2) is 14.4 Å². The molecule has 0 radical (unpaired) electrons. The van der Waals surface area contributed by atoms with Gasteiger partial charge in [-0.1, -0.05) is 0 Å². The molecule has 1 atom stereocenters. The summed E-state index contributed by atoms with van der Waals surface area (Å²) >= 11 is 0. The summed E-state index contributed by atoms with van der Waals surface area (Å²) in [6.07, 6.45) is 1.86. The van der Waals surface area contributed by atoms with Gasteiger partial charge in [0.25, 0.3) is 0 Å². The molecule has 5 heteroatoms. The van der Waals surface area contributed by atoms with Gasteiger partial charge in [0.1, 0.15) is 6.10 Å². The van der Waals surface area contributed by atoms with Crippen molar-refractivity contribution in [1.29, 1.82) is 0 Å². The molecule has 0 bridgehead atoms. The molecule has 0 amide bonds. The van der Waals surface area contributed by atoms with Crippen LogP contribution in [0.4, 0.5) is 10.2 Å². The first-order chi connectivity index (χ1) is 7.72. The number of halogens is 1. The Morgan fingerprint density at radius 1 is 1.50 bits per heavy atom. The Bertz CT molecular complexity index is 378. The van der Waals surface area contributed by atoms with E-state index < -0.39 is 0 Å². The number of hydrogen-bond acceptors (Lipinski definition) is 4. The van der Waals surface area contributed by atoms with Crippen molar-refractivity contribution >= 4 is 5.82 Å². The smallest absolute Gasteiger partial charge is 0.186 e. The normalized spacial score (nSPS) is 20.1. The summed E-state index contributed by atoms with van der Waals surface area (Å²) in [4.78, 5) is 8.33. The minimum Gasteiger partial charge on any atom is -0.370 e. The second-order valence-corrected chi connectivity index (χ2v) is 3.86. The van der Waals surface area contributed by atoms with Gasteiger partial charge in [0, 0.05) is 13.2 Å². The highest BCUT2D eigenvalue weighted by atomic mass is 19.1. The van der Waals surface area contributed by atoms with Crippen LogP contribution in [-0.4, -0.2) is 23.1 Å².